The summed E-state index contributed by atoms with van der Waals surface area (Å²) in [5.41, 5.74) is 2.37. The van der Waals surface area contributed by atoms with Crippen molar-refractivity contribution in [3.63, 3.8) is 0 Å². The first-order valence-electron chi connectivity index (χ1n) is 6.97. The van der Waals surface area contributed by atoms with E-state index >= 15 is 0 Å². The zero-order valence-electron chi connectivity index (χ0n) is 11.4. The maximum Gasteiger partial charge on any atom is 0.0606 e. The molecule has 3 heteroatoms. The molecule has 1 aliphatic rings. The van der Waals surface area contributed by atoms with E-state index in [-0.39, 0.29) is 6.61 Å². The molecule has 0 bridgehead atoms. The van der Waals surface area contributed by atoms with Gasteiger partial charge in [-0.05, 0) is 56.9 Å². The fourth-order valence-corrected chi connectivity index (χ4v) is 2.34. The van der Waals surface area contributed by atoms with Crippen molar-refractivity contribution in [2.75, 3.05) is 29.9 Å². The minimum Gasteiger partial charge on any atom is -0.395 e. The fourth-order valence-electron chi connectivity index (χ4n) is 2.34. The van der Waals surface area contributed by atoms with Crippen LogP contribution in [-0.4, -0.2) is 30.8 Å². The van der Waals surface area contributed by atoms with E-state index in [1.165, 1.54) is 24.2 Å². The third-order valence-electron chi connectivity index (χ3n) is 3.71. The van der Waals surface area contributed by atoms with Crippen LogP contribution in [0.4, 0.5) is 11.4 Å². The summed E-state index contributed by atoms with van der Waals surface area (Å²) in [6, 6.07) is 9.10. The third-order valence-corrected chi connectivity index (χ3v) is 3.71. The summed E-state index contributed by atoms with van der Waals surface area (Å²) in [4.78, 5) is 2.17. The molecule has 1 atom stereocenters. The summed E-state index contributed by atoms with van der Waals surface area (Å²) >= 11 is 0. The number of anilines is 2. The van der Waals surface area contributed by atoms with Crippen molar-refractivity contribution in [1.82, 2.24) is 0 Å². The van der Waals surface area contributed by atoms with Gasteiger partial charge in [-0.25, -0.2) is 0 Å². The van der Waals surface area contributed by atoms with Gasteiger partial charge in [0.2, 0.25) is 0 Å². The molecule has 0 spiro atoms. The van der Waals surface area contributed by atoms with Crippen LogP contribution in [-0.2, 0) is 0 Å². The van der Waals surface area contributed by atoms with Crippen LogP contribution in [0.25, 0.3) is 0 Å². The van der Waals surface area contributed by atoms with Gasteiger partial charge in [0.25, 0.3) is 0 Å². The van der Waals surface area contributed by atoms with Crippen LogP contribution in [0.15, 0.2) is 24.3 Å². The van der Waals surface area contributed by atoms with E-state index in [2.05, 4.69) is 48.3 Å². The smallest absolute Gasteiger partial charge is 0.0606 e. The van der Waals surface area contributed by atoms with E-state index in [1.807, 2.05) is 0 Å². The minimum atomic E-state index is 0.201. The molecule has 1 aromatic carbocycles. The maximum absolute atomic E-state index is 9.02. The number of nitrogens with zero attached hydrogens (tertiary/aromatic N) is 1. The summed E-state index contributed by atoms with van der Waals surface area (Å²) < 4.78 is 0. The van der Waals surface area contributed by atoms with Gasteiger partial charge in [0, 0.05) is 30.5 Å². The number of nitrogens with one attached hydrogen (secondary N) is 1. The van der Waals surface area contributed by atoms with E-state index in [0.717, 1.165) is 12.5 Å². The second-order valence-corrected chi connectivity index (χ2v) is 5.12. The average Bonchev–Trinajstić information content (AvgIpc) is 3.21. The zero-order valence-corrected chi connectivity index (χ0v) is 11.4. The molecular formula is C15H24N2O. The SMILES string of the molecule is CCN(CCO)c1ccc(NC(C)C2CC2)cc1. The number of likely N-dealkylation sites (N-methyl/N-ethyl adjacent to an activating group) is 1. The lowest BCUT2D eigenvalue weighted by Crippen LogP contribution is -2.26. The summed E-state index contributed by atoms with van der Waals surface area (Å²) in [7, 11) is 0. The van der Waals surface area contributed by atoms with Crippen LogP contribution in [0.3, 0.4) is 0 Å². The van der Waals surface area contributed by atoms with Crippen molar-refractivity contribution in [1.29, 1.82) is 0 Å². The normalized spacial score (nSPS) is 16.4. The highest BCUT2D eigenvalue weighted by Crippen LogP contribution is 2.34. The molecular weight excluding hydrogens is 224 g/mol. The molecule has 1 aromatic rings. The Morgan fingerprint density at radius 1 is 1.33 bits per heavy atom. The van der Waals surface area contributed by atoms with Crippen molar-refractivity contribution < 1.29 is 5.11 Å². The molecule has 1 fully saturated rings. The molecule has 0 amide bonds. The fraction of sp³-hybridized carbons (Fsp3) is 0.600. The molecule has 0 aliphatic heterocycles. The Morgan fingerprint density at radius 2 is 2.00 bits per heavy atom. The highest BCUT2D eigenvalue weighted by Gasteiger charge is 2.27. The van der Waals surface area contributed by atoms with Gasteiger partial charge in [-0.15, -0.1) is 0 Å². The Balaban J connectivity index is 1.95. The summed E-state index contributed by atoms with van der Waals surface area (Å²) in [6.07, 6.45) is 2.73. The zero-order chi connectivity index (χ0) is 13.0. The quantitative estimate of drug-likeness (QED) is 0.779. The Morgan fingerprint density at radius 3 is 2.50 bits per heavy atom. The van der Waals surface area contributed by atoms with Gasteiger partial charge < -0.3 is 15.3 Å². The lowest BCUT2D eigenvalue weighted by molar-refractivity contribution is 0.302. The van der Waals surface area contributed by atoms with Crippen molar-refractivity contribution in [3.8, 4) is 0 Å². The topological polar surface area (TPSA) is 35.5 Å². The Hall–Kier alpha value is -1.22. The molecule has 1 saturated carbocycles. The summed E-state index contributed by atoms with van der Waals surface area (Å²) in [6.45, 7) is 6.19. The second-order valence-electron chi connectivity index (χ2n) is 5.12. The molecule has 2 rings (SSSR count). The van der Waals surface area contributed by atoms with E-state index in [4.69, 9.17) is 5.11 Å². The molecule has 2 N–H and O–H groups in total. The first-order valence-corrected chi connectivity index (χ1v) is 6.97. The Bertz CT molecular complexity index is 359. The predicted octanol–water partition coefficient (Wildman–Crippen LogP) is 2.72. The van der Waals surface area contributed by atoms with Gasteiger partial charge in [-0.2, -0.15) is 0 Å². The van der Waals surface area contributed by atoms with E-state index in [1.54, 1.807) is 0 Å². The van der Waals surface area contributed by atoms with Crippen LogP contribution in [0, 0.1) is 5.92 Å². The van der Waals surface area contributed by atoms with Gasteiger partial charge in [0.15, 0.2) is 0 Å². The number of benzene rings is 1. The molecule has 0 radical (unpaired) electrons. The first kappa shape index (κ1) is 13.2. The highest BCUT2D eigenvalue weighted by atomic mass is 16.3. The highest BCUT2D eigenvalue weighted by molar-refractivity contribution is 5.55. The number of hydrogen-bond donors (Lipinski definition) is 2. The van der Waals surface area contributed by atoms with Gasteiger partial charge in [0.1, 0.15) is 0 Å². The summed E-state index contributed by atoms with van der Waals surface area (Å²) in [5, 5.41) is 12.6. The van der Waals surface area contributed by atoms with Gasteiger partial charge in [0.05, 0.1) is 6.61 Å². The van der Waals surface area contributed by atoms with Crippen LogP contribution in [0.1, 0.15) is 26.7 Å². The molecule has 3 nitrogen and oxygen atoms in total. The maximum atomic E-state index is 9.02. The summed E-state index contributed by atoms with van der Waals surface area (Å²) in [5.74, 6) is 0.867. The van der Waals surface area contributed by atoms with Crippen molar-refractivity contribution in [3.05, 3.63) is 24.3 Å². The van der Waals surface area contributed by atoms with Crippen molar-refractivity contribution in [2.45, 2.75) is 32.7 Å². The molecule has 100 valence electrons. The van der Waals surface area contributed by atoms with Crippen LogP contribution in [0.2, 0.25) is 0 Å². The molecule has 1 aliphatic carbocycles. The van der Waals surface area contributed by atoms with Crippen LogP contribution >= 0.6 is 0 Å². The number of rotatable bonds is 7. The van der Waals surface area contributed by atoms with E-state index in [0.29, 0.717) is 12.6 Å². The Labute approximate surface area is 110 Å². The molecule has 0 heterocycles. The lowest BCUT2D eigenvalue weighted by Gasteiger charge is -2.22. The van der Waals surface area contributed by atoms with Crippen LogP contribution < -0.4 is 10.2 Å². The van der Waals surface area contributed by atoms with E-state index < -0.39 is 0 Å². The Kier molecular flexibility index (Phi) is 4.48. The van der Waals surface area contributed by atoms with Gasteiger partial charge in [-0.3, -0.25) is 0 Å². The van der Waals surface area contributed by atoms with Crippen molar-refractivity contribution >= 4 is 11.4 Å². The first-order chi connectivity index (χ1) is 8.74. The monoisotopic (exact) mass is 248 g/mol. The lowest BCUT2D eigenvalue weighted by atomic mass is 10.2. The van der Waals surface area contributed by atoms with E-state index in [9.17, 15) is 0 Å². The van der Waals surface area contributed by atoms with Gasteiger partial charge >= 0.3 is 0 Å². The third kappa shape index (κ3) is 3.39. The average molecular weight is 248 g/mol. The molecule has 0 aromatic heterocycles. The minimum absolute atomic E-state index is 0.201. The number of aliphatic hydroxyl groups excluding tert-OH is 1. The molecule has 0 saturated heterocycles. The molecule has 1 unspecified atom stereocenters. The second kappa shape index (κ2) is 6.10. The number of hydrogen-bond acceptors (Lipinski definition) is 3. The largest absolute Gasteiger partial charge is 0.395 e. The van der Waals surface area contributed by atoms with Gasteiger partial charge in [-0.1, -0.05) is 0 Å². The van der Waals surface area contributed by atoms with Crippen LogP contribution in [0.5, 0.6) is 0 Å². The van der Waals surface area contributed by atoms with Crippen molar-refractivity contribution in [2.24, 2.45) is 5.92 Å². The molecule has 18 heavy (non-hydrogen) atoms. The predicted molar refractivity (Wildman–Crippen MR) is 77.2 cm³/mol. The standard InChI is InChI=1S/C15H24N2O/c1-3-17(10-11-18)15-8-6-14(7-9-15)16-12(2)13-4-5-13/h6-9,12-13,16,18H,3-5,10-11H2,1-2H3. The number of aliphatic hydroxyl groups is 1.